The van der Waals surface area contributed by atoms with Crippen LogP contribution in [0, 0.1) is 0 Å². The van der Waals surface area contributed by atoms with Crippen molar-refractivity contribution in [1.82, 2.24) is 0 Å². The molecule has 38 heavy (non-hydrogen) atoms. The minimum atomic E-state index is -2.61. The molecule has 0 aliphatic rings. The summed E-state index contributed by atoms with van der Waals surface area (Å²) in [6.45, 7) is 36.0. The van der Waals surface area contributed by atoms with E-state index in [2.05, 4.69) is 96.2 Å². The quantitative estimate of drug-likeness (QED) is 0.0705. The Morgan fingerprint density at radius 2 is 1.11 bits per heavy atom. The highest BCUT2D eigenvalue weighted by Crippen LogP contribution is 2.49. The van der Waals surface area contributed by atoms with Crippen molar-refractivity contribution in [3.8, 4) is 0 Å². The molecule has 1 atom stereocenters. The zero-order chi connectivity index (χ0) is 30.1. The third kappa shape index (κ3) is 9.96. The van der Waals surface area contributed by atoms with Gasteiger partial charge in [-0.15, -0.1) is 0 Å². The lowest BCUT2D eigenvalue weighted by molar-refractivity contribution is -0.143. The Kier molecular flexibility index (Phi) is 16.1. The number of rotatable bonds is 19. The average Bonchev–Trinajstić information content (AvgIpc) is 2.77. The fourth-order valence-corrected chi connectivity index (χ4v) is 28.4. The summed E-state index contributed by atoms with van der Waals surface area (Å²) in [5.41, 5.74) is 3.23. The van der Waals surface area contributed by atoms with Crippen LogP contribution in [0.15, 0.2) is 12.2 Å². The minimum Gasteiger partial charge on any atom is -0.460 e. The van der Waals surface area contributed by atoms with Crippen LogP contribution in [-0.2, 0) is 22.5 Å². The Labute approximate surface area is 238 Å². The highest BCUT2D eigenvalue weighted by atomic mass is 28.5. The predicted molar refractivity (Wildman–Crippen MR) is 168 cm³/mol. The lowest BCUT2D eigenvalue weighted by Crippen LogP contribution is -2.63. The first kappa shape index (κ1) is 37.7. The third-order valence-corrected chi connectivity index (χ3v) is 26.6. The summed E-state index contributed by atoms with van der Waals surface area (Å²) >= 11 is 0. The highest BCUT2D eigenvalue weighted by Gasteiger charge is 2.55. The van der Waals surface area contributed by atoms with E-state index >= 15 is 0 Å². The molecule has 0 fully saturated rings. The van der Waals surface area contributed by atoms with Crippen LogP contribution >= 0.6 is 0 Å². The van der Waals surface area contributed by atoms with Gasteiger partial charge in [-0.2, -0.15) is 0 Å². The van der Waals surface area contributed by atoms with E-state index in [0.29, 0.717) is 45.4 Å². The first-order valence-corrected chi connectivity index (χ1v) is 21.6. The Bertz CT molecular complexity index is 644. The van der Waals surface area contributed by atoms with Gasteiger partial charge in [-0.25, -0.2) is 4.79 Å². The second-order valence-electron chi connectivity index (χ2n) is 13.2. The monoisotopic (exact) mass is 590 g/mol. The first-order valence-electron chi connectivity index (χ1n) is 14.8. The number of hydrogen-bond acceptors (Lipinski definition) is 6. The van der Waals surface area contributed by atoms with E-state index in [1.165, 1.54) is 0 Å². The van der Waals surface area contributed by atoms with Crippen molar-refractivity contribution in [2.24, 2.45) is 0 Å². The van der Waals surface area contributed by atoms with Crippen LogP contribution in [0.2, 0.25) is 45.8 Å². The van der Waals surface area contributed by atoms with E-state index < -0.39 is 37.3 Å². The van der Waals surface area contributed by atoms with Crippen LogP contribution in [-0.4, -0.2) is 62.2 Å². The number of esters is 1. The van der Waals surface area contributed by atoms with Crippen molar-refractivity contribution in [2.75, 3.05) is 19.8 Å². The fourth-order valence-electron chi connectivity index (χ4n) is 6.64. The van der Waals surface area contributed by atoms with Crippen molar-refractivity contribution in [3.63, 3.8) is 0 Å². The van der Waals surface area contributed by atoms with Crippen molar-refractivity contribution in [3.05, 3.63) is 12.2 Å². The molecule has 0 rings (SSSR count). The molecule has 0 heterocycles. The number of carbonyl (C=O) groups excluding carboxylic acids is 1. The third-order valence-electron chi connectivity index (χ3n) is 8.18. The van der Waals surface area contributed by atoms with Gasteiger partial charge in [0.15, 0.2) is 16.6 Å². The molecule has 0 aromatic carbocycles. The molecule has 0 aliphatic heterocycles. The summed E-state index contributed by atoms with van der Waals surface area (Å²) in [4.78, 5) is 11.6. The molecule has 9 heteroatoms. The zero-order valence-electron chi connectivity index (χ0n) is 27.3. The van der Waals surface area contributed by atoms with Crippen LogP contribution in [0.25, 0.3) is 0 Å². The van der Waals surface area contributed by atoms with E-state index in [4.69, 9.17) is 17.7 Å². The molecule has 0 amide bonds. The van der Waals surface area contributed by atoms with Gasteiger partial charge in [-0.1, -0.05) is 89.7 Å². The Hall–Kier alpha value is -0.299. The molecule has 0 spiro atoms. The molecule has 1 N–H and O–H groups in total. The van der Waals surface area contributed by atoms with Crippen molar-refractivity contribution in [2.45, 2.75) is 148 Å². The summed E-state index contributed by atoms with van der Waals surface area (Å²) in [6, 6.07) is 0.857. The fraction of sp³-hybridized carbons (Fsp3) is 0.897. The van der Waals surface area contributed by atoms with E-state index in [1.54, 1.807) is 6.92 Å². The lowest BCUT2D eigenvalue weighted by Gasteiger charge is -2.53. The van der Waals surface area contributed by atoms with Crippen molar-refractivity contribution in [1.29, 1.82) is 0 Å². The molecular weight excluding hydrogens is 529 g/mol. The maximum atomic E-state index is 11.6. The van der Waals surface area contributed by atoms with Gasteiger partial charge < -0.3 is 22.8 Å². The molecule has 0 saturated carbocycles. The molecule has 0 bridgehead atoms. The number of aliphatic hydroxyl groups excluding tert-OH is 1. The molecule has 226 valence electrons. The lowest BCUT2D eigenvalue weighted by atomic mass is 10.3. The standard InChI is InChI=1S/C29H62O6Si3/c1-21(2)29(31)33-20-28(30)19-32-17-16-18-36(15,34-37(22(3)4,23(5)6)24(7)8)35-38(25(9)10,26(11)12)27(13)14/h22-28,30H,1,16-20H2,2-15H3. The highest BCUT2D eigenvalue weighted by molar-refractivity contribution is 6.92. The predicted octanol–water partition coefficient (Wildman–Crippen LogP) is 8.33. The second-order valence-corrected chi connectivity index (χ2v) is 27.9. The number of ether oxygens (including phenoxy) is 2. The molecule has 0 aromatic heterocycles. The van der Waals surface area contributed by atoms with Crippen LogP contribution in [0.4, 0.5) is 0 Å². The van der Waals surface area contributed by atoms with Crippen molar-refractivity contribution >= 4 is 31.2 Å². The Morgan fingerprint density at radius 1 is 0.737 bits per heavy atom. The second kappa shape index (κ2) is 16.2. The van der Waals surface area contributed by atoms with Gasteiger partial charge in [0.2, 0.25) is 0 Å². The zero-order valence-corrected chi connectivity index (χ0v) is 30.3. The van der Waals surface area contributed by atoms with E-state index in [9.17, 15) is 9.90 Å². The summed E-state index contributed by atoms with van der Waals surface area (Å²) in [6.07, 6.45) is -0.0568. The van der Waals surface area contributed by atoms with Crippen LogP contribution in [0.5, 0.6) is 0 Å². The average molecular weight is 591 g/mol. The maximum Gasteiger partial charge on any atom is 0.333 e. The molecule has 0 aromatic rings. The molecule has 6 nitrogen and oxygen atoms in total. The van der Waals surface area contributed by atoms with Gasteiger partial charge in [0, 0.05) is 12.2 Å². The van der Waals surface area contributed by atoms with Gasteiger partial charge in [0.25, 0.3) is 0 Å². The molecule has 0 radical (unpaired) electrons. The van der Waals surface area contributed by atoms with Crippen LogP contribution < -0.4 is 0 Å². The number of hydrogen-bond donors (Lipinski definition) is 1. The molecule has 0 aliphatic carbocycles. The van der Waals surface area contributed by atoms with Gasteiger partial charge >= 0.3 is 14.5 Å². The van der Waals surface area contributed by atoms with Gasteiger partial charge in [-0.3, -0.25) is 0 Å². The van der Waals surface area contributed by atoms with E-state index in [1.807, 2.05) is 0 Å². The SMILES string of the molecule is C=C(C)C(=O)OCC(O)COCCC[Si](C)(O[Si](C(C)C)(C(C)C)C(C)C)O[Si](C(C)C)(C(C)C)C(C)C. The van der Waals surface area contributed by atoms with Gasteiger partial charge in [-0.05, 0) is 59.2 Å². The summed E-state index contributed by atoms with van der Waals surface area (Å²) in [7, 11) is -6.94. The summed E-state index contributed by atoms with van der Waals surface area (Å²) < 4.78 is 25.9. The summed E-state index contributed by atoms with van der Waals surface area (Å²) in [5, 5.41) is 10.1. The van der Waals surface area contributed by atoms with Crippen LogP contribution in [0.3, 0.4) is 0 Å². The Balaban J connectivity index is 5.85. The van der Waals surface area contributed by atoms with Crippen molar-refractivity contribution < 1.29 is 27.6 Å². The Morgan fingerprint density at radius 3 is 1.42 bits per heavy atom. The normalized spacial score (nSPS) is 14.4. The van der Waals surface area contributed by atoms with E-state index in [0.717, 1.165) is 12.5 Å². The molecular formula is C29H62O6Si3. The first-order chi connectivity index (χ1) is 17.3. The maximum absolute atomic E-state index is 11.6. The largest absolute Gasteiger partial charge is 0.460 e. The summed E-state index contributed by atoms with van der Waals surface area (Å²) in [5.74, 6) is -0.499. The molecule has 0 saturated heterocycles. The minimum absolute atomic E-state index is 0.0963. The topological polar surface area (TPSA) is 74.2 Å². The van der Waals surface area contributed by atoms with Gasteiger partial charge in [0.1, 0.15) is 12.7 Å². The molecule has 1 unspecified atom stereocenters. The van der Waals surface area contributed by atoms with Crippen LogP contribution in [0.1, 0.15) is 96.4 Å². The number of carbonyl (C=O) groups is 1. The smallest absolute Gasteiger partial charge is 0.333 e. The van der Waals surface area contributed by atoms with Gasteiger partial charge in [0.05, 0.1) is 6.61 Å². The number of aliphatic hydroxyl groups is 1. The van der Waals surface area contributed by atoms with E-state index in [-0.39, 0.29) is 13.2 Å².